The predicted molar refractivity (Wildman–Crippen MR) is 80.3 cm³/mol. The van der Waals surface area contributed by atoms with E-state index in [0.29, 0.717) is 21.5 Å². The average molecular weight is 314 g/mol. The van der Waals surface area contributed by atoms with Gasteiger partial charge in [-0.3, -0.25) is 4.79 Å². The Hall–Kier alpha value is -1.02. The first kappa shape index (κ1) is 14.4. The van der Waals surface area contributed by atoms with E-state index in [-0.39, 0.29) is 12.2 Å². The van der Waals surface area contributed by atoms with Gasteiger partial charge in [0.2, 0.25) is 0 Å². The number of ketones is 1. The molecule has 4 heteroatoms. The van der Waals surface area contributed by atoms with Crippen LogP contribution in [0.5, 0.6) is 0 Å². The fourth-order valence-electron chi connectivity index (χ4n) is 1.79. The molecule has 1 nitrogen and oxygen atoms in total. The molecule has 0 spiro atoms. The molecule has 2 rings (SSSR count). The minimum atomic E-state index is 0.0893. The van der Waals surface area contributed by atoms with Crippen molar-refractivity contribution in [3.63, 3.8) is 0 Å². The minimum absolute atomic E-state index is 0.0893. The Labute approximate surface area is 127 Å². The van der Waals surface area contributed by atoms with E-state index in [9.17, 15) is 4.79 Å². The molecule has 0 saturated carbocycles. The molecule has 0 saturated heterocycles. The maximum Gasteiger partial charge on any atom is 0.141 e. The van der Waals surface area contributed by atoms with E-state index < -0.39 is 0 Å². The summed E-state index contributed by atoms with van der Waals surface area (Å²) in [4.78, 5) is 12.0. The van der Waals surface area contributed by atoms with Gasteiger partial charge in [0.25, 0.3) is 0 Å². The van der Waals surface area contributed by atoms with Gasteiger partial charge in [0.15, 0.2) is 0 Å². The van der Waals surface area contributed by atoms with Crippen LogP contribution in [0.4, 0.5) is 0 Å². The summed E-state index contributed by atoms with van der Waals surface area (Å²) in [5.74, 6) is 0.0893. The molecule has 98 valence electrons. The highest BCUT2D eigenvalue weighted by Crippen LogP contribution is 2.26. The van der Waals surface area contributed by atoms with Crippen LogP contribution in [0.15, 0.2) is 42.5 Å². The van der Waals surface area contributed by atoms with Gasteiger partial charge in [0.1, 0.15) is 5.78 Å². The number of carbonyl (C=O) groups excluding carboxylic acids is 1. The first-order valence-corrected chi connectivity index (χ1v) is 6.88. The lowest BCUT2D eigenvalue weighted by molar-refractivity contribution is -0.117. The summed E-state index contributed by atoms with van der Waals surface area (Å²) < 4.78 is 0. The normalized spacial score (nSPS) is 10.5. The van der Waals surface area contributed by atoms with Crippen LogP contribution in [0, 0.1) is 0 Å². The Balaban J connectivity index is 2.05. The molecule has 0 unspecified atom stereocenters. The third kappa shape index (κ3) is 3.97. The van der Waals surface area contributed by atoms with Crippen LogP contribution in [0.2, 0.25) is 15.1 Å². The van der Waals surface area contributed by atoms with E-state index in [1.807, 2.05) is 18.2 Å². The zero-order chi connectivity index (χ0) is 13.8. The number of Topliss-reactive ketones (excluding diaryl/α,β-unsaturated/α-hetero) is 1. The third-order valence-electron chi connectivity index (χ3n) is 2.73. The molecule has 0 heterocycles. The highest BCUT2D eigenvalue weighted by molar-refractivity contribution is 6.42. The quantitative estimate of drug-likeness (QED) is 0.776. The first-order chi connectivity index (χ1) is 9.06. The van der Waals surface area contributed by atoms with Crippen molar-refractivity contribution in [1.29, 1.82) is 0 Å². The van der Waals surface area contributed by atoms with Crippen LogP contribution < -0.4 is 0 Å². The molecule has 0 amide bonds. The largest absolute Gasteiger partial charge is 0.299 e. The molecule has 0 bridgehead atoms. The summed E-state index contributed by atoms with van der Waals surface area (Å²) in [7, 11) is 0. The van der Waals surface area contributed by atoms with Crippen LogP contribution >= 0.6 is 34.8 Å². The highest BCUT2D eigenvalue weighted by Gasteiger charge is 2.10. The molecule has 0 radical (unpaired) electrons. The van der Waals surface area contributed by atoms with E-state index in [0.717, 1.165) is 11.1 Å². The number of hydrogen-bond donors (Lipinski definition) is 0. The first-order valence-electron chi connectivity index (χ1n) is 5.75. The van der Waals surface area contributed by atoms with Crippen LogP contribution in [-0.2, 0) is 17.6 Å². The van der Waals surface area contributed by atoms with E-state index >= 15 is 0 Å². The molecule has 2 aromatic rings. The highest BCUT2D eigenvalue weighted by atomic mass is 35.5. The van der Waals surface area contributed by atoms with Crippen LogP contribution in [0.3, 0.4) is 0 Å². The zero-order valence-corrected chi connectivity index (χ0v) is 12.3. The van der Waals surface area contributed by atoms with Crippen molar-refractivity contribution in [2.45, 2.75) is 12.8 Å². The van der Waals surface area contributed by atoms with E-state index in [1.54, 1.807) is 24.3 Å². The van der Waals surface area contributed by atoms with Crippen molar-refractivity contribution in [3.05, 3.63) is 68.7 Å². The van der Waals surface area contributed by atoms with Crippen molar-refractivity contribution in [2.75, 3.05) is 0 Å². The summed E-state index contributed by atoms with van der Waals surface area (Å²) in [5, 5.41) is 1.58. The van der Waals surface area contributed by atoms with Gasteiger partial charge in [-0.15, -0.1) is 0 Å². The van der Waals surface area contributed by atoms with Crippen molar-refractivity contribution in [2.24, 2.45) is 0 Å². The number of benzene rings is 2. The second-order valence-electron chi connectivity index (χ2n) is 4.23. The lowest BCUT2D eigenvalue weighted by atomic mass is 10.0. The lowest BCUT2D eigenvalue weighted by Gasteiger charge is -2.05. The average Bonchev–Trinajstić information content (AvgIpc) is 2.38. The number of hydrogen-bond acceptors (Lipinski definition) is 1. The molecule has 0 aliphatic heterocycles. The Morgan fingerprint density at radius 3 is 2.26 bits per heavy atom. The van der Waals surface area contributed by atoms with Crippen LogP contribution in [0.25, 0.3) is 0 Å². The lowest BCUT2D eigenvalue weighted by Crippen LogP contribution is -2.07. The summed E-state index contributed by atoms with van der Waals surface area (Å²) in [5.41, 5.74) is 1.70. The molecular weight excluding hydrogens is 303 g/mol. The maximum absolute atomic E-state index is 12.0. The van der Waals surface area contributed by atoms with Gasteiger partial charge in [-0.05, 0) is 29.3 Å². The second kappa shape index (κ2) is 6.42. The van der Waals surface area contributed by atoms with Gasteiger partial charge in [-0.1, -0.05) is 59.1 Å². The predicted octanol–water partition coefficient (Wildman–Crippen LogP) is 5.00. The summed E-state index contributed by atoms with van der Waals surface area (Å²) in [6.45, 7) is 0. The van der Waals surface area contributed by atoms with Crippen LogP contribution in [0.1, 0.15) is 11.1 Å². The molecule has 0 aliphatic rings. The van der Waals surface area contributed by atoms with E-state index in [2.05, 4.69) is 0 Å². The van der Waals surface area contributed by atoms with Crippen molar-refractivity contribution < 1.29 is 4.79 Å². The van der Waals surface area contributed by atoms with Gasteiger partial charge >= 0.3 is 0 Å². The Morgan fingerprint density at radius 2 is 1.58 bits per heavy atom. The number of rotatable bonds is 4. The molecule has 0 aromatic heterocycles. The molecule has 0 N–H and O–H groups in total. The Bertz CT molecular complexity index is 591. The van der Waals surface area contributed by atoms with E-state index in [4.69, 9.17) is 34.8 Å². The fraction of sp³-hybridized carbons (Fsp3) is 0.133. The summed E-state index contributed by atoms with van der Waals surface area (Å²) in [6, 6.07) is 12.6. The Morgan fingerprint density at radius 1 is 0.895 bits per heavy atom. The monoisotopic (exact) mass is 312 g/mol. The topological polar surface area (TPSA) is 17.1 Å². The second-order valence-corrected chi connectivity index (χ2v) is 5.45. The maximum atomic E-state index is 12.0. The zero-order valence-electron chi connectivity index (χ0n) is 10.00. The van der Waals surface area contributed by atoms with E-state index in [1.165, 1.54) is 0 Å². The van der Waals surface area contributed by atoms with Crippen molar-refractivity contribution in [1.82, 2.24) is 0 Å². The van der Waals surface area contributed by atoms with Crippen LogP contribution in [-0.4, -0.2) is 5.78 Å². The molecule has 0 fully saturated rings. The summed E-state index contributed by atoms with van der Waals surface area (Å²) in [6.07, 6.45) is 0.641. The SMILES string of the molecule is O=C(Cc1ccc(Cl)cc1)Cc1cccc(Cl)c1Cl. The fourth-order valence-corrected chi connectivity index (χ4v) is 2.30. The smallest absolute Gasteiger partial charge is 0.141 e. The summed E-state index contributed by atoms with van der Waals surface area (Å²) >= 11 is 17.8. The van der Waals surface area contributed by atoms with Gasteiger partial charge in [-0.25, -0.2) is 0 Å². The molecular formula is C15H11Cl3O. The van der Waals surface area contributed by atoms with Gasteiger partial charge in [-0.2, -0.15) is 0 Å². The van der Waals surface area contributed by atoms with Gasteiger partial charge < -0.3 is 0 Å². The number of carbonyl (C=O) groups is 1. The molecule has 0 aliphatic carbocycles. The van der Waals surface area contributed by atoms with Gasteiger partial charge in [0.05, 0.1) is 10.0 Å². The molecule has 2 aromatic carbocycles. The molecule has 19 heavy (non-hydrogen) atoms. The number of halogens is 3. The third-order valence-corrected chi connectivity index (χ3v) is 3.84. The molecule has 0 atom stereocenters. The Kier molecular flexibility index (Phi) is 4.87. The van der Waals surface area contributed by atoms with Crippen molar-refractivity contribution >= 4 is 40.6 Å². The van der Waals surface area contributed by atoms with Crippen molar-refractivity contribution in [3.8, 4) is 0 Å². The van der Waals surface area contributed by atoms with Gasteiger partial charge in [0, 0.05) is 17.9 Å². The standard InChI is InChI=1S/C15H11Cl3O/c16-12-6-4-10(5-7-12)8-13(19)9-11-2-1-3-14(17)15(11)18/h1-7H,8-9H2. The minimum Gasteiger partial charge on any atom is -0.299 e.